The lowest BCUT2D eigenvalue weighted by Crippen LogP contribution is -2.34. The second kappa shape index (κ2) is 11.7. The van der Waals surface area contributed by atoms with Crippen LogP contribution in [-0.4, -0.2) is 43.4 Å². The van der Waals surface area contributed by atoms with E-state index in [-0.39, 0.29) is 22.5 Å². The molecule has 5 rings (SSSR count). The number of hydrogen-bond donors (Lipinski definition) is 0. The second-order valence-electron chi connectivity index (χ2n) is 9.44. The van der Waals surface area contributed by atoms with Gasteiger partial charge in [0, 0.05) is 5.92 Å². The standard InChI is InChI=1S/C31H29ClN2O5/c1-37-23-14-10-20(11-15-23)18-22-6-5-8-26-29(22)33-34(30(26)21-12-16-24(38-2)17-13-21)28(35)19-39-31(36)25-7-3-4-9-27(25)32/h3-4,7,9-18,26,30H,5-6,8,19H2,1-2H3. The molecule has 2 unspecified atom stereocenters. The van der Waals surface area contributed by atoms with Crippen LogP contribution in [0.25, 0.3) is 6.08 Å². The quantitative estimate of drug-likeness (QED) is 0.324. The van der Waals surface area contributed by atoms with Crippen molar-refractivity contribution in [2.45, 2.75) is 25.3 Å². The van der Waals surface area contributed by atoms with Crippen LogP contribution in [0.4, 0.5) is 0 Å². The fourth-order valence-electron chi connectivity index (χ4n) is 5.14. The Hall–Kier alpha value is -4.10. The molecule has 1 saturated carbocycles. The van der Waals surface area contributed by atoms with Gasteiger partial charge in [0.25, 0.3) is 5.91 Å². The van der Waals surface area contributed by atoms with E-state index in [1.54, 1.807) is 38.5 Å². The van der Waals surface area contributed by atoms with Gasteiger partial charge in [-0.25, -0.2) is 9.80 Å². The molecule has 7 nitrogen and oxygen atoms in total. The molecule has 1 aliphatic carbocycles. The van der Waals surface area contributed by atoms with E-state index < -0.39 is 18.5 Å². The molecule has 1 aliphatic heterocycles. The van der Waals surface area contributed by atoms with Gasteiger partial charge in [0.1, 0.15) is 11.5 Å². The van der Waals surface area contributed by atoms with Crippen molar-refractivity contribution in [1.29, 1.82) is 0 Å². The fourth-order valence-corrected chi connectivity index (χ4v) is 5.35. The first kappa shape index (κ1) is 26.5. The Bertz CT molecular complexity index is 1420. The average Bonchev–Trinajstić information content (AvgIpc) is 3.37. The first-order chi connectivity index (χ1) is 19.0. The zero-order valence-corrected chi connectivity index (χ0v) is 22.6. The number of nitrogens with zero attached hydrogens (tertiary/aromatic N) is 2. The highest BCUT2D eigenvalue weighted by molar-refractivity contribution is 6.33. The van der Waals surface area contributed by atoms with Crippen molar-refractivity contribution in [3.05, 3.63) is 100 Å². The predicted molar refractivity (Wildman–Crippen MR) is 150 cm³/mol. The number of hydrazone groups is 1. The van der Waals surface area contributed by atoms with Crippen LogP contribution in [0.5, 0.6) is 11.5 Å². The number of fused-ring (bicyclic) bond motifs is 1. The normalized spacial score (nSPS) is 19.3. The van der Waals surface area contributed by atoms with Crippen molar-refractivity contribution < 1.29 is 23.8 Å². The van der Waals surface area contributed by atoms with E-state index in [9.17, 15) is 9.59 Å². The molecule has 1 heterocycles. The number of carbonyl (C=O) groups is 2. The zero-order valence-electron chi connectivity index (χ0n) is 21.8. The summed E-state index contributed by atoms with van der Waals surface area (Å²) in [5.41, 5.74) is 4.18. The van der Waals surface area contributed by atoms with Gasteiger partial charge in [-0.1, -0.05) is 48.0 Å². The van der Waals surface area contributed by atoms with Crippen LogP contribution in [0.1, 0.15) is 46.8 Å². The summed E-state index contributed by atoms with van der Waals surface area (Å²) in [6, 6.07) is 21.8. The molecule has 0 aromatic heterocycles. The van der Waals surface area contributed by atoms with Gasteiger partial charge in [0.2, 0.25) is 0 Å². The summed E-state index contributed by atoms with van der Waals surface area (Å²) in [7, 11) is 3.26. The molecule has 2 aliphatic rings. The highest BCUT2D eigenvalue weighted by Crippen LogP contribution is 2.44. The molecule has 39 heavy (non-hydrogen) atoms. The Balaban J connectivity index is 1.44. The van der Waals surface area contributed by atoms with Gasteiger partial charge in [-0.15, -0.1) is 0 Å². The van der Waals surface area contributed by atoms with Crippen molar-refractivity contribution in [3.8, 4) is 11.5 Å². The molecule has 8 heteroatoms. The van der Waals surface area contributed by atoms with Gasteiger partial charge < -0.3 is 14.2 Å². The van der Waals surface area contributed by atoms with Crippen molar-refractivity contribution >= 4 is 35.3 Å². The van der Waals surface area contributed by atoms with Crippen LogP contribution in [-0.2, 0) is 9.53 Å². The summed E-state index contributed by atoms with van der Waals surface area (Å²) < 4.78 is 16.0. The van der Waals surface area contributed by atoms with E-state index in [0.29, 0.717) is 0 Å². The third-order valence-corrected chi connectivity index (χ3v) is 7.42. The average molecular weight is 545 g/mol. The predicted octanol–water partition coefficient (Wildman–Crippen LogP) is 6.34. The lowest BCUT2D eigenvalue weighted by molar-refractivity contribution is -0.137. The van der Waals surface area contributed by atoms with Crippen molar-refractivity contribution in [1.82, 2.24) is 5.01 Å². The Labute approximate surface area is 232 Å². The Morgan fingerprint density at radius 2 is 1.64 bits per heavy atom. The molecular formula is C31H29ClN2O5. The number of rotatable bonds is 7. The molecule has 0 bridgehead atoms. The Morgan fingerprint density at radius 1 is 0.974 bits per heavy atom. The number of benzene rings is 3. The van der Waals surface area contributed by atoms with Gasteiger partial charge in [-0.2, -0.15) is 5.10 Å². The molecular weight excluding hydrogens is 516 g/mol. The third-order valence-electron chi connectivity index (χ3n) is 7.09. The second-order valence-corrected chi connectivity index (χ2v) is 9.85. The van der Waals surface area contributed by atoms with Crippen molar-refractivity contribution in [3.63, 3.8) is 0 Å². The van der Waals surface area contributed by atoms with E-state index in [2.05, 4.69) is 6.08 Å². The number of methoxy groups -OCH3 is 2. The molecule has 0 saturated heterocycles. The topological polar surface area (TPSA) is 77.4 Å². The molecule has 0 spiro atoms. The number of allylic oxidation sites excluding steroid dienone is 1. The Kier molecular flexibility index (Phi) is 7.98. The number of hydrogen-bond acceptors (Lipinski definition) is 6. The molecule has 3 aromatic rings. The van der Waals surface area contributed by atoms with Gasteiger partial charge in [-0.05, 0) is 78.4 Å². The largest absolute Gasteiger partial charge is 0.497 e. The van der Waals surface area contributed by atoms with Crippen LogP contribution < -0.4 is 9.47 Å². The summed E-state index contributed by atoms with van der Waals surface area (Å²) in [4.78, 5) is 26.1. The molecule has 1 amide bonds. The summed E-state index contributed by atoms with van der Waals surface area (Å²) in [6.07, 6.45) is 4.85. The number of carbonyl (C=O) groups excluding carboxylic acids is 2. The minimum Gasteiger partial charge on any atom is -0.497 e. The molecule has 1 fully saturated rings. The molecule has 200 valence electrons. The minimum absolute atomic E-state index is 0.0138. The van der Waals surface area contributed by atoms with E-state index in [0.717, 1.165) is 53.2 Å². The monoisotopic (exact) mass is 544 g/mol. The fraction of sp³-hybridized carbons (Fsp3) is 0.258. The lowest BCUT2D eigenvalue weighted by Gasteiger charge is -2.29. The van der Waals surface area contributed by atoms with Gasteiger partial charge in [0.05, 0.1) is 36.6 Å². The Morgan fingerprint density at radius 3 is 2.31 bits per heavy atom. The third kappa shape index (κ3) is 5.68. The SMILES string of the molecule is COc1ccc(C=C2CCCC3C2=NN(C(=O)COC(=O)c2ccccc2Cl)C3c2ccc(OC)cc2)cc1. The molecule has 0 N–H and O–H groups in total. The van der Waals surface area contributed by atoms with E-state index in [1.165, 1.54) is 5.01 Å². The van der Waals surface area contributed by atoms with Crippen molar-refractivity contribution in [2.24, 2.45) is 11.0 Å². The van der Waals surface area contributed by atoms with Crippen LogP contribution in [0.15, 0.2) is 83.5 Å². The number of ether oxygens (including phenoxy) is 3. The summed E-state index contributed by atoms with van der Waals surface area (Å²) >= 11 is 6.13. The van der Waals surface area contributed by atoms with Crippen molar-refractivity contribution in [2.75, 3.05) is 20.8 Å². The molecule has 3 aromatic carbocycles. The first-order valence-corrected chi connectivity index (χ1v) is 13.2. The minimum atomic E-state index is -0.653. The number of esters is 1. The van der Waals surface area contributed by atoms with E-state index in [1.807, 2.05) is 48.5 Å². The van der Waals surface area contributed by atoms with Gasteiger partial charge in [0.15, 0.2) is 6.61 Å². The summed E-state index contributed by atoms with van der Waals surface area (Å²) in [5.74, 6) is 0.480. The van der Waals surface area contributed by atoms with Gasteiger partial charge >= 0.3 is 5.97 Å². The van der Waals surface area contributed by atoms with Crippen LogP contribution in [0.3, 0.4) is 0 Å². The maximum absolute atomic E-state index is 13.5. The maximum atomic E-state index is 13.5. The highest BCUT2D eigenvalue weighted by Gasteiger charge is 2.43. The zero-order chi connectivity index (χ0) is 27.4. The lowest BCUT2D eigenvalue weighted by atomic mass is 9.77. The summed E-state index contributed by atoms with van der Waals surface area (Å²) in [5, 5.41) is 6.60. The number of halogens is 1. The smallest absolute Gasteiger partial charge is 0.340 e. The van der Waals surface area contributed by atoms with E-state index >= 15 is 0 Å². The number of amides is 1. The van der Waals surface area contributed by atoms with Gasteiger partial charge in [-0.3, -0.25) is 4.79 Å². The molecule has 2 atom stereocenters. The highest BCUT2D eigenvalue weighted by atomic mass is 35.5. The van der Waals surface area contributed by atoms with Crippen LogP contribution >= 0.6 is 11.6 Å². The van der Waals surface area contributed by atoms with Crippen LogP contribution in [0, 0.1) is 5.92 Å². The van der Waals surface area contributed by atoms with E-state index in [4.69, 9.17) is 30.9 Å². The summed E-state index contributed by atoms with van der Waals surface area (Å²) in [6.45, 7) is -0.447. The maximum Gasteiger partial charge on any atom is 0.340 e. The molecule has 0 radical (unpaired) electrons. The first-order valence-electron chi connectivity index (χ1n) is 12.8. The van der Waals surface area contributed by atoms with Crippen LogP contribution in [0.2, 0.25) is 5.02 Å².